The molecule has 94 valence electrons. The van der Waals surface area contributed by atoms with Crippen LogP contribution in [0, 0.1) is 5.92 Å². The minimum Gasteiger partial charge on any atom is -0.478 e. The molecular weight excluding hydrogens is 214 g/mol. The second kappa shape index (κ2) is 6.40. The average molecular weight is 235 g/mol. The van der Waals surface area contributed by atoms with E-state index in [0.717, 1.165) is 18.7 Å². The van der Waals surface area contributed by atoms with Crippen molar-refractivity contribution in [3.8, 4) is 0 Å². The monoisotopic (exact) mass is 235 g/mol. The van der Waals surface area contributed by atoms with Gasteiger partial charge in [0.15, 0.2) is 0 Å². The van der Waals surface area contributed by atoms with Crippen LogP contribution in [0.25, 0.3) is 0 Å². The molecule has 3 heteroatoms. The van der Waals surface area contributed by atoms with Gasteiger partial charge in [-0.2, -0.15) is 0 Å². The second-order valence-electron chi connectivity index (χ2n) is 4.71. The summed E-state index contributed by atoms with van der Waals surface area (Å²) in [7, 11) is 2.09. The van der Waals surface area contributed by atoms with E-state index in [-0.39, 0.29) is 0 Å². The number of rotatable bonds is 6. The maximum Gasteiger partial charge on any atom is 0.335 e. The molecule has 1 aromatic carbocycles. The molecule has 1 aromatic rings. The van der Waals surface area contributed by atoms with Gasteiger partial charge in [-0.15, -0.1) is 0 Å². The van der Waals surface area contributed by atoms with Gasteiger partial charge in [0, 0.05) is 13.1 Å². The Hall–Kier alpha value is -1.35. The predicted molar refractivity (Wildman–Crippen MR) is 69.2 cm³/mol. The molecule has 0 bridgehead atoms. The van der Waals surface area contributed by atoms with Crippen LogP contribution in [0.2, 0.25) is 0 Å². The Bertz CT molecular complexity index is 359. The van der Waals surface area contributed by atoms with Crippen LogP contribution in [0.15, 0.2) is 24.3 Å². The lowest BCUT2D eigenvalue weighted by Gasteiger charge is -2.20. The van der Waals surface area contributed by atoms with E-state index in [4.69, 9.17) is 5.11 Å². The lowest BCUT2D eigenvalue weighted by molar-refractivity contribution is 0.0697. The maximum atomic E-state index is 10.7. The minimum atomic E-state index is -0.871. The van der Waals surface area contributed by atoms with E-state index >= 15 is 0 Å². The number of nitrogens with zero attached hydrogens (tertiary/aromatic N) is 1. The summed E-state index contributed by atoms with van der Waals surface area (Å²) in [6.07, 6.45) is 1.18. The van der Waals surface area contributed by atoms with Crippen molar-refractivity contribution in [1.29, 1.82) is 0 Å². The molecule has 1 unspecified atom stereocenters. The molecule has 0 heterocycles. The van der Waals surface area contributed by atoms with Crippen molar-refractivity contribution in [3.63, 3.8) is 0 Å². The summed E-state index contributed by atoms with van der Waals surface area (Å²) in [4.78, 5) is 13.0. The van der Waals surface area contributed by atoms with Crippen LogP contribution in [0.5, 0.6) is 0 Å². The largest absolute Gasteiger partial charge is 0.478 e. The lowest BCUT2D eigenvalue weighted by Crippen LogP contribution is -2.23. The summed E-state index contributed by atoms with van der Waals surface area (Å²) < 4.78 is 0. The highest BCUT2D eigenvalue weighted by Crippen LogP contribution is 2.09. The third kappa shape index (κ3) is 4.57. The SMILES string of the molecule is CCC(C)CN(C)Cc1ccc(C(=O)O)cc1. The van der Waals surface area contributed by atoms with Crippen molar-refractivity contribution in [2.24, 2.45) is 5.92 Å². The number of aromatic carboxylic acids is 1. The van der Waals surface area contributed by atoms with Crippen LogP contribution >= 0.6 is 0 Å². The number of carboxylic acid groups (broad SMARTS) is 1. The molecule has 17 heavy (non-hydrogen) atoms. The Morgan fingerprint density at radius 2 is 1.94 bits per heavy atom. The number of carboxylic acids is 1. The van der Waals surface area contributed by atoms with Crippen LogP contribution in [0.4, 0.5) is 0 Å². The van der Waals surface area contributed by atoms with E-state index in [9.17, 15) is 4.79 Å². The number of benzene rings is 1. The first-order chi connectivity index (χ1) is 8.02. The van der Waals surface area contributed by atoms with E-state index in [2.05, 4.69) is 25.8 Å². The van der Waals surface area contributed by atoms with Gasteiger partial charge in [-0.05, 0) is 30.7 Å². The van der Waals surface area contributed by atoms with Crippen LogP contribution in [0.1, 0.15) is 36.2 Å². The van der Waals surface area contributed by atoms with Crippen LogP contribution in [-0.2, 0) is 6.54 Å². The Balaban J connectivity index is 2.54. The molecule has 0 saturated heterocycles. The first-order valence-electron chi connectivity index (χ1n) is 6.03. The molecule has 0 saturated carbocycles. The first-order valence-corrected chi connectivity index (χ1v) is 6.03. The molecule has 3 nitrogen and oxygen atoms in total. The van der Waals surface area contributed by atoms with Gasteiger partial charge in [0.2, 0.25) is 0 Å². The number of hydrogen-bond acceptors (Lipinski definition) is 2. The highest BCUT2D eigenvalue weighted by molar-refractivity contribution is 5.87. The van der Waals surface area contributed by atoms with Gasteiger partial charge >= 0.3 is 5.97 Å². The molecule has 0 spiro atoms. The summed E-state index contributed by atoms with van der Waals surface area (Å²) in [5.74, 6) is -0.178. The zero-order valence-electron chi connectivity index (χ0n) is 10.8. The quantitative estimate of drug-likeness (QED) is 0.824. The van der Waals surface area contributed by atoms with Crippen molar-refractivity contribution >= 4 is 5.97 Å². The number of hydrogen-bond donors (Lipinski definition) is 1. The highest BCUT2D eigenvalue weighted by Gasteiger charge is 2.06. The Morgan fingerprint density at radius 1 is 1.35 bits per heavy atom. The molecule has 0 amide bonds. The summed E-state index contributed by atoms with van der Waals surface area (Å²) in [5.41, 5.74) is 1.50. The minimum absolute atomic E-state index is 0.346. The zero-order valence-corrected chi connectivity index (χ0v) is 10.8. The van der Waals surface area contributed by atoms with Gasteiger partial charge in [-0.1, -0.05) is 32.4 Å². The summed E-state index contributed by atoms with van der Waals surface area (Å²) in [6, 6.07) is 7.09. The smallest absolute Gasteiger partial charge is 0.335 e. The third-order valence-corrected chi connectivity index (χ3v) is 2.97. The van der Waals surface area contributed by atoms with E-state index in [1.165, 1.54) is 6.42 Å². The summed E-state index contributed by atoms with van der Waals surface area (Å²) in [6.45, 7) is 6.37. The van der Waals surface area contributed by atoms with E-state index in [0.29, 0.717) is 11.5 Å². The summed E-state index contributed by atoms with van der Waals surface area (Å²) in [5, 5.41) is 8.80. The van der Waals surface area contributed by atoms with Crippen LogP contribution < -0.4 is 0 Å². The topological polar surface area (TPSA) is 40.5 Å². The van der Waals surface area contributed by atoms with Crippen molar-refractivity contribution in [2.75, 3.05) is 13.6 Å². The van der Waals surface area contributed by atoms with E-state index < -0.39 is 5.97 Å². The average Bonchev–Trinajstić information content (AvgIpc) is 2.29. The molecule has 0 fully saturated rings. The van der Waals surface area contributed by atoms with Crippen LogP contribution in [0.3, 0.4) is 0 Å². The standard InChI is InChI=1S/C14H21NO2/c1-4-11(2)9-15(3)10-12-5-7-13(8-6-12)14(16)17/h5-8,11H,4,9-10H2,1-3H3,(H,16,17). The predicted octanol–water partition coefficient (Wildman–Crippen LogP) is 2.86. The second-order valence-corrected chi connectivity index (χ2v) is 4.71. The Kier molecular flexibility index (Phi) is 5.16. The molecular formula is C14H21NO2. The molecule has 0 aliphatic rings. The van der Waals surface area contributed by atoms with Gasteiger partial charge < -0.3 is 10.0 Å². The van der Waals surface area contributed by atoms with Gasteiger partial charge in [0.1, 0.15) is 0 Å². The van der Waals surface area contributed by atoms with Crippen molar-refractivity contribution in [2.45, 2.75) is 26.8 Å². The fourth-order valence-electron chi connectivity index (χ4n) is 1.79. The zero-order chi connectivity index (χ0) is 12.8. The molecule has 0 aliphatic carbocycles. The van der Waals surface area contributed by atoms with Gasteiger partial charge in [0.25, 0.3) is 0 Å². The fraction of sp³-hybridized carbons (Fsp3) is 0.500. The van der Waals surface area contributed by atoms with Gasteiger partial charge in [0.05, 0.1) is 5.56 Å². The molecule has 0 aromatic heterocycles. The van der Waals surface area contributed by atoms with Gasteiger partial charge in [-0.3, -0.25) is 0 Å². The molecule has 0 radical (unpaired) electrons. The van der Waals surface area contributed by atoms with Gasteiger partial charge in [-0.25, -0.2) is 4.79 Å². The van der Waals surface area contributed by atoms with Crippen LogP contribution in [-0.4, -0.2) is 29.6 Å². The first kappa shape index (κ1) is 13.7. The highest BCUT2D eigenvalue weighted by atomic mass is 16.4. The van der Waals surface area contributed by atoms with Crippen molar-refractivity contribution < 1.29 is 9.90 Å². The van der Waals surface area contributed by atoms with Crippen molar-refractivity contribution in [1.82, 2.24) is 4.90 Å². The van der Waals surface area contributed by atoms with E-state index in [1.54, 1.807) is 12.1 Å². The number of carbonyl (C=O) groups is 1. The lowest BCUT2D eigenvalue weighted by atomic mass is 10.1. The summed E-state index contributed by atoms with van der Waals surface area (Å²) >= 11 is 0. The fourth-order valence-corrected chi connectivity index (χ4v) is 1.79. The third-order valence-electron chi connectivity index (χ3n) is 2.97. The normalized spacial score (nSPS) is 12.7. The Morgan fingerprint density at radius 3 is 2.41 bits per heavy atom. The molecule has 1 atom stereocenters. The van der Waals surface area contributed by atoms with Crippen molar-refractivity contribution in [3.05, 3.63) is 35.4 Å². The Labute approximate surface area is 103 Å². The molecule has 1 rings (SSSR count). The maximum absolute atomic E-state index is 10.7. The van der Waals surface area contributed by atoms with E-state index in [1.807, 2.05) is 12.1 Å². The molecule has 1 N–H and O–H groups in total. The molecule has 0 aliphatic heterocycles.